The van der Waals surface area contributed by atoms with Crippen LogP contribution in [-0.2, 0) is 4.79 Å². The van der Waals surface area contributed by atoms with E-state index in [2.05, 4.69) is 12.3 Å². The summed E-state index contributed by atoms with van der Waals surface area (Å²) in [7, 11) is 0. The maximum atomic E-state index is 9.47. The molecule has 1 rings (SSSR count). The second-order valence-corrected chi connectivity index (χ2v) is 2.02. The van der Waals surface area contributed by atoms with Gasteiger partial charge < -0.3 is 11.5 Å². The summed E-state index contributed by atoms with van der Waals surface area (Å²) in [6.45, 7) is 3.09. The number of hydrogen-bond acceptors (Lipinski definition) is 2. The predicted molar refractivity (Wildman–Crippen MR) is 50.2 cm³/mol. The van der Waals surface area contributed by atoms with Crippen LogP contribution in [0.5, 0.6) is 0 Å². The quantitative estimate of drug-likeness (QED) is 0.478. The topological polar surface area (TPSA) is 69.1 Å². The minimum Gasteiger partial charge on any atom is -0.399 e. The molecule has 0 aliphatic heterocycles. The van der Waals surface area contributed by atoms with Crippen molar-refractivity contribution in [3.8, 4) is 0 Å². The SMILES string of the molecule is C=CC(N)=O.Nc1ccccc1. The van der Waals surface area contributed by atoms with E-state index in [-0.39, 0.29) is 0 Å². The number of nitrogen functional groups attached to an aromatic ring is 1. The molecule has 4 N–H and O–H groups in total. The first kappa shape index (κ1) is 10.2. The molecule has 0 heterocycles. The molecule has 64 valence electrons. The van der Waals surface area contributed by atoms with Gasteiger partial charge in [0, 0.05) is 5.69 Å². The van der Waals surface area contributed by atoms with E-state index in [1.807, 2.05) is 30.3 Å². The van der Waals surface area contributed by atoms with E-state index in [0.29, 0.717) is 0 Å². The van der Waals surface area contributed by atoms with E-state index in [9.17, 15) is 4.79 Å². The molecule has 3 heteroatoms. The van der Waals surface area contributed by atoms with Crippen LogP contribution in [0.1, 0.15) is 0 Å². The van der Waals surface area contributed by atoms with Crippen molar-refractivity contribution in [2.24, 2.45) is 5.73 Å². The number of primary amides is 1. The van der Waals surface area contributed by atoms with Gasteiger partial charge in [-0.2, -0.15) is 0 Å². The van der Waals surface area contributed by atoms with Crippen LogP contribution in [0.15, 0.2) is 43.0 Å². The molecule has 0 fully saturated rings. The van der Waals surface area contributed by atoms with Gasteiger partial charge in [0.05, 0.1) is 0 Å². The first-order valence-electron chi connectivity index (χ1n) is 3.39. The molecule has 0 saturated carbocycles. The van der Waals surface area contributed by atoms with Gasteiger partial charge in [-0.05, 0) is 18.2 Å². The standard InChI is InChI=1S/C6H7N.C3H5NO/c7-6-4-2-1-3-5-6;1-2-3(4)5/h1-5H,7H2;2H,1H2,(H2,4,5). The number of hydrogen-bond donors (Lipinski definition) is 2. The summed E-state index contributed by atoms with van der Waals surface area (Å²) in [4.78, 5) is 9.47. The van der Waals surface area contributed by atoms with E-state index >= 15 is 0 Å². The van der Waals surface area contributed by atoms with Crippen LogP contribution in [-0.4, -0.2) is 5.91 Å². The molecular formula is C9H12N2O. The second-order valence-electron chi connectivity index (χ2n) is 2.02. The fourth-order valence-corrected chi connectivity index (χ4v) is 0.453. The highest BCUT2D eigenvalue weighted by Crippen LogP contribution is 1.95. The van der Waals surface area contributed by atoms with Gasteiger partial charge in [-0.1, -0.05) is 24.8 Å². The van der Waals surface area contributed by atoms with E-state index in [1.165, 1.54) is 0 Å². The molecular weight excluding hydrogens is 152 g/mol. The first-order valence-corrected chi connectivity index (χ1v) is 3.39. The first-order chi connectivity index (χ1) is 5.66. The van der Waals surface area contributed by atoms with Crippen molar-refractivity contribution in [1.82, 2.24) is 0 Å². The van der Waals surface area contributed by atoms with Crippen molar-refractivity contribution < 1.29 is 4.79 Å². The van der Waals surface area contributed by atoms with E-state index in [1.54, 1.807) is 0 Å². The Labute approximate surface area is 71.7 Å². The Morgan fingerprint density at radius 3 is 1.92 bits per heavy atom. The van der Waals surface area contributed by atoms with Crippen molar-refractivity contribution in [3.05, 3.63) is 43.0 Å². The third-order valence-electron chi connectivity index (χ3n) is 1.00. The monoisotopic (exact) mass is 164 g/mol. The number of benzene rings is 1. The Bertz CT molecular complexity index is 244. The van der Waals surface area contributed by atoms with Gasteiger partial charge in [0.25, 0.3) is 0 Å². The molecule has 1 aromatic carbocycles. The van der Waals surface area contributed by atoms with Crippen molar-refractivity contribution in [2.75, 3.05) is 5.73 Å². The molecule has 0 unspecified atom stereocenters. The van der Waals surface area contributed by atoms with Crippen molar-refractivity contribution in [3.63, 3.8) is 0 Å². The molecule has 0 aromatic heterocycles. The zero-order valence-corrected chi connectivity index (χ0v) is 6.73. The van der Waals surface area contributed by atoms with Crippen molar-refractivity contribution >= 4 is 11.6 Å². The maximum Gasteiger partial charge on any atom is 0.240 e. The van der Waals surface area contributed by atoms with Crippen molar-refractivity contribution in [2.45, 2.75) is 0 Å². The number of carbonyl (C=O) groups is 1. The summed E-state index contributed by atoms with van der Waals surface area (Å²) < 4.78 is 0. The molecule has 3 nitrogen and oxygen atoms in total. The summed E-state index contributed by atoms with van der Waals surface area (Å²) in [5.74, 6) is -0.481. The highest BCUT2D eigenvalue weighted by atomic mass is 16.1. The normalized spacial score (nSPS) is 7.67. The molecule has 0 bridgehead atoms. The molecule has 1 aromatic rings. The Hall–Kier alpha value is -1.77. The van der Waals surface area contributed by atoms with E-state index < -0.39 is 5.91 Å². The van der Waals surface area contributed by atoms with Gasteiger partial charge >= 0.3 is 0 Å². The average molecular weight is 164 g/mol. The summed E-state index contributed by atoms with van der Waals surface area (Å²) in [6, 6.07) is 9.49. The fourth-order valence-electron chi connectivity index (χ4n) is 0.453. The lowest BCUT2D eigenvalue weighted by Gasteiger charge is -1.83. The highest BCUT2D eigenvalue weighted by Gasteiger charge is 1.72. The molecule has 0 atom stereocenters. The van der Waals surface area contributed by atoms with Crippen molar-refractivity contribution in [1.29, 1.82) is 0 Å². The highest BCUT2D eigenvalue weighted by molar-refractivity contribution is 5.84. The Morgan fingerprint density at radius 2 is 1.75 bits per heavy atom. The van der Waals surface area contributed by atoms with Crippen LogP contribution >= 0.6 is 0 Å². The molecule has 0 aliphatic rings. The number of carbonyl (C=O) groups excluding carboxylic acids is 1. The fraction of sp³-hybridized carbons (Fsp3) is 0. The lowest BCUT2D eigenvalue weighted by Crippen LogP contribution is -2.04. The van der Waals surface area contributed by atoms with Crippen LogP contribution < -0.4 is 11.5 Å². The summed E-state index contributed by atoms with van der Waals surface area (Å²) in [6.07, 6.45) is 1.06. The number of rotatable bonds is 1. The van der Waals surface area contributed by atoms with Gasteiger partial charge in [-0.25, -0.2) is 0 Å². The molecule has 0 radical (unpaired) electrons. The number of nitrogens with two attached hydrogens (primary N) is 2. The molecule has 12 heavy (non-hydrogen) atoms. The minimum atomic E-state index is -0.481. The Balaban J connectivity index is 0.000000217. The average Bonchev–Trinajstić information content (AvgIpc) is 2.07. The smallest absolute Gasteiger partial charge is 0.240 e. The third kappa shape index (κ3) is 6.35. The Morgan fingerprint density at radius 1 is 1.33 bits per heavy atom. The predicted octanol–water partition coefficient (Wildman–Crippen LogP) is 0.926. The summed E-state index contributed by atoms with van der Waals surface area (Å²) >= 11 is 0. The van der Waals surface area contributed by atoms with E-state index in [4.69, 9.17) is 5.73 Å². The Kier molecular flexibility index (Phi) is 5.09. The van der Waals surface area contributed by atoms with Crippen LogP contribution in [0.25, 0.3) is 0 Å². The van der Waals surface area contributed by atoms with Crippen LogP contribution in [0.4, 0.5) is 5.69 Å². The lowest BCUT2D eigenvalue weighted by molar-refractivity contribution is -0.113. The zero-order chi connectivity index (χ0) is 9.40. The minimum absolute atomic E-state index is 0.481. The summed E-state index contributed by atoms with van der Waals surface area (Å²) in [5, 5.41) is 0. The number of para-hydroxylation sites is 1. The summed E-state index contributed by atoms with van der Waals surface area (Å²) in [5.41, 5.74) is 10.7. The van der Waals surface area contributed by atoms with E-state index in [0.717, 1.165) is 11.8 Å². The second kappa shape index (κ2) is 5.97. The van der Waals surface area contributed by atoms with Crippen LogP contribution in [0.3, 0.4) is 0 Å². The van der Waals surface area contributed by atoms with Gasteiger partial charge in [-0.15, -0.1) is 0 Å². The molecule has 1 amide bonds. The largest absolute Gasteiger partial charge is 0.399 e. The lowest BCUT2D eigenvalue weighted by atomic mass is 10.3. The molecule has 0 saturated heterocycles. The number of amides is 1. The maximum absolute atomic E-state index is 9.47. The van der Waals surface area contributed by atoms with Crippen LogP contribution in [0.2, 0.25) is 0 Å². The molecule has 0 aliphatic carbocycles. The van der Waals surface area contributed by atoms with Crippen LogP contribution in [0, 0.1) is 0 Å². The van der Waals surface area contributed by atoms with Gasteiger partial charge in [0.15, 0.2) is 0 Å². The zero-order valence-electron chi connectivity index (χ0n) is 6.73. The van der Waals surface area contributed by atoms with Gasteiger partial charge in [-0.3, -0.25) is 4.79 Å². The number of anilines is 1. The molecule has 0 spiro atoms. The third-order valence-corrected chi connectivity index (χ3v) is 1.00. The van der Waals surface area contributed by atoms with Gasteiger partial charge in [0.1, 0.15) is 0 Å². The van der Waals surface area contributed by atoms with Gasteiger partial charge in [0.2, 0.25) is 5.91 Å².